The lowest BCUT2D eigenvalue weighted by molar-refractivity contribution is -0.132. The molecule has 4 heteroatoms. The highest BCUT2D eigenvalue weighted by molar-refractivity contribution is 6.35. The van der Waals surface area contributed by atoms with Crippen LogP contribution in [-0.4, -0.2) is 18.2 Å². The topological polar surface area (TPSA) is 46.5 Å². The number of hydrogen-bond acceptors (Lipinski definition) is 2. The van der Waals surface area contributed by atoms with Gasteiger partial charge in [-0.05, 0) is 30.9 Å². The molecule has 0 aliphatic carbocycles. The van der Waals surface area contributed by atoms with Crippen LogP contribution in [0, 0.1) is 6.92 Å². The summed E-state index contributed by atoms with van der Waals surface area (Å²) in [6.07, 6.45) is 1.58. The summed E-state index contributed by atoms with van der Waals surface area (Å²) in [4.78, 5) is 11.0. The van der Waals surface area contributed by atoms with Gasteiger partial charge in [-0.25, -0.2) is 4.79 Å². The Morgan fingerprint density at radius 3 is 2.45 bits per heavy atom. The van der Waals surface area contributed by atoms with E-state index in [0.29, 0.717) is 16.3 Å². The quantitative estimate of drug-likeness (QED) is 0.857. The van der Waals surface area contributed by atoms with Gasteiger partial charge in [-0.1, -0.05) is 35.9 Å². The van der Waals surface area contributed by atoms with E-state index in [4.69, 9.17) is 21.4 Å². The van der Waals surface area contributed by atoms with Crippen molar-refractivity contribution in [1.82, 2.24) is 0 Å². The van der Waals surface area contributed by atoms with Crippen LogP contribution in [0.4, 0.5) is 0 Å². The van der Waals surface area contributed by atoms with Gasteiger partial charge in [0.05, 0.1) is 12.1 Å². The number of halogens is 1. The first-order valence-electron chi connectivity index (χ1n) is 6.13. The smallest absolute Gasteiger partial charge is 0.331 e. The molecule has 2 rings (SSSR count). The summed E-state index contributed by atoms with van der Waals surface area (Å²) in [5.74, 6) is -0.398. The first-order chi connectivity index (χ1) is 9.47. The molecule has 0 aromatic heterocycles. The summed E-state index contributed by atoms with van der Waals surface area (Å²) in [5.41, 5.74) is 1.85. The molecule has 104 valence electrons. The monoisotopic (exact) mass is 290 g/mol. The minimum atomic E-state index is -0.965. The molecule has 0 aliphatic rings. The zero-order chi connectivity index (χ0) is 14.9. The van der Waals surface area contributed by atoms with Crippen LogP contribution < -0.4 is 4.74 Å². The standard InChI is InChI=1S/C16H15ClO3/c1-9(16(18)19)8-13-10(2)11-6-4-5-7-12(11)15(20-3)14(13)17/h4-8H,1-3H3,(H,18,19)/b9-8+. The third-order valence-corrected chi connectivity index (χ3v) is 3.69. The molecule has 2 aromatic rings. The van der Waals surface area contributed by atoms with Gasteiger partial charge in [0.15, 0.2) is 0 Å². The van der Waals surface area contributed by atoms with Crippen molar-refractivity contribution in [3.05, 3.63) is 46.0 Å². The summed E-state index contributed by atoms with van der Waals surface area (Å²) in [5, 5.41) is 11.4. The second kappa shape index (κ2) is 5.55. The number of fused-ring (bicyclic) bond motifs is 1. The highest BCUT2D eigenvalue weighted by Crippen LogP contribution is 2.40. The molecule has 0 saturated carbocycles. The molecule has 0 spiro atoms. The van der Waals surface area contributed by atoms with Gasteiger partial charge in [0.2, 0.25) is 0 Å². The summed E-state index contributed by atoms with van der Waals surface area (Å²) in [7, 11) is 1.56. The molecule has 3 nitrogen and oxygen atoms in total. The fourth-order valence-electron chi connectivity index (χ4n) is 2.21. The second-order valence-electron chi connectivity index (χ2n) is 4.56. The third-order valence-electron chi connectivity index (χ3n) is 3.32. The van der Waals surface area contributed by atoms with Gasteiger partial charge in [0, 0.05) is 16.5 Å². The van der Waals surface area contributed by atoms with Crippen LogP contribution in [0.1, 0.15) is 18.1 Å². The van der Waals surface area contributed by atoms with Crippen LogP contribution >= 0.6 is 11.6 Å². The number of ether oxygens (including phenoxy) is 1. The molecule has 0 amide bonds. The fraction of sp³-hybridized carbons (Fsp3) is 0.188. The number of aliphatic carboxylic acids is 1. The Kier molecular flexibility index (Phi) is 4.00. The van der Waals surface area contributed by atoms with E-state index in [0.717, 1.165) is 16.3 Å². The molecule has 0 radical (unpaired) electrons. The zero-order valence-corrected chi connectivity index (χ0v) is 12.3. The van der Waals surface area contributed by atoms with Crippen molar-refractivity contribution in [1.29, 1.82) is 0 Å². The Morgan fingerprint density at radius 2 is 1.90 bits per heavy atom. The van der Waals surface area contributed by atoms with Crippen molar-refractivity contribution in [2.45, 2.75) is 13.8 Å². The minimum Gasteiger partial charge on any atom is -0.495 e. The highest BCUT2D eigenvalue weighted by Gasteiger charge is 2.15. The van der Waals surface area contributed by atoms with Crippen molar-refractivity contribution < 1.29 is 14.6 Å². The number of hydrogen-bond donors (Lipinski definition) is 1. The van der Waals surface area contributed by atoms with Crippen LogP contribution in [0.15, 0.2) is 29.8 Å². The van der Waals surface area contributed by atoms with E-state index in [1.165, 1.54) is 0 Å². The van der Waals surface area contributed by atoms with Crippen LogP contribution in [0.5, 0.6) is 5.75 Å². The molecule has 1 N–H and O–H groups in total. The number of aryl methyl sites for hydroxylation is 1. The van der Waals surface area contributed by atoms with Gasteiger partial charge < -0.3 is 9.84 Å². The number of benzene rings is 2. The van der Waals surface area contributed by atoms with Crippen molar-refractivity contribution in [2.24, 2.45) is 0 Å². The maximum atomic E-state index is 11.0. The van der Waals surface area contributed by atoms with Gasteiger partial charge >= 0.3 is 5.97 Å². The van der Waals surface area contributed by atoms with Gasteiger partial charge in [0.25, 0.3) is 0 Å². The largest absolute Gasteiger partial charge is 0.495 e. The Bertz CT molecular complexity index is 717. The molecular formula is C16H15ClO3. The number of carboxylic acid groups (broad SMARTS) is 1. The summed E-state index contributed by atoms with van der Waals surface area (Å²) < 4.78 is 5.39. The average molecular weight is 291 g/mol. The van der Waals surface area contributed by atoms with E-state index in [9.17, 15) is 4.79 Å². The van der Waals surface area contributed by atoms with Crippen LogP contribution in [0.3, 0.4) is 0 Å². The first-order valence-corrected chi connectivity index (χ1v) is 6.51. The molecule has 0 saturated heterocycles. The molecule has 0 fully saturated rings. The van der Waals surface area contributed by atoms with Crippen LogP contribution in [-0.2, 0) is 4.79 Å². The summed E-state index contributed by atoms with van der Waals surface area (Å²) >= 11 is 6.38. The van der Waals surface area contributed by atoms with Gasteiger partial charge in [-0.2, -0.15) is 0 Å². The zero-order valence-electron chi connectivity index (χ0n) is 11.5. The molecule has 0 bridgehead atoms. The van der Waals surface area contributed by atoms with E-state index in [2.05, 4.69) is 0 Å². The van der Waals surface area contributed by atoms with Gasteiger partial charge in [-0.3, -0.25) is 0 Å². The fourth-order valence-corrected chi connectivity index (χ4v) is 2.58. The number of rotatable bonds is 3. The lowest BCUT2D eigenvalue weighted by Crippen LogP contribution is -1.98. The predicted octanol–water partition coefficient (Wildman–Crippen LogP) is 4.30. The van der Waals surface area contributed by atoms with Crippen LogP contribution in [0.25, 0.3) is 16.8 Å². The Labute approximate surface area is 122 Å². The maximum Gasteiger partial charge on any atom is 0.331 e. The molecule has 0 aliphatic heterocycles. The SMILES string of the molecule is COc1c(Cl)c(/C=C(\C)C(=O)O)c(C)c2ccccc12. The molecule has 2 aromatic carbocycles. The molecule has 0 heterocycles. The van der Waals surface area contributed by atoms with Gasteiger partial charge in [0.1, 0.15) is 5.75 Å². The first kappa shape index (κ1) is 14.4. The molecular weight excluding hydrogens is 276 g/mol. The lowest BCUT2D eigenvalue weighted by Gasteiger charge is -2.14. The van der Waals surface area contributed by atoms with Crippen molar-refractivity contribution in [3.63, 3.8) is 0 Å². The predicted molar refractivity (Wildman–Crippen MR) is 81.5 cm³/mol. The Balaban J connectivity index is 2.85. The molecule has 0 atom stereocenters. The Morgan fingerprint density at radius 1 is 1.30 bits per heavy atom. The van der Waals surface area contributed by atoms with Gasteiger partial charge in [-0.15, -0.1) is 0 Å². The molecule has 20 heavy (non-hydrogen) atoms. The highest BCUT2D eigenvalue weighted by atomic mass is 35.5. The van der Waals surface area contributed by atoms with E-state index in [1.807, 2.05) is 31.2 Å². The van der Waals surface area contributed by atoms with Crippen LogP contribution in [0.2, 0.25) is 5.02 Å². The summed E-state index contributed by atoms with van der Waals surface area (Å²) in [6, 6.07) is 7.75. The third kappa shape index (κ3) is 2.37. The second-order valence-corrected chi connectivity index (χ2v) is 4.94. The van der Waals surface area contributed by atoms with E-state index < -0.39 is 5.97 Å². The summed E-state index contributed by atoms with van der Waals surface area (Å²) in [6.45, 7) is 3.47. The maximum absolute atomic E-state index is 11.0. The Hall–Kier alpha value is -2.00. The number of methoxy groups -OCH3 is 1. The normalized spacial score (nSPS) is 11.7. The van der Waals surface area contributed by atoms with Crippen molar-refractivity contribution >= 4 is 34.4 Å². The van der Waals surface area contributed by atoms with E-state index in [-0.39, 0.29) is 5.57 Å². The van der Waals surface area contributed by atoms with E-state index in [1.54, 1.807) is 20.1 Å². The number of carboxylic acids is 1. The van der Waals surface area contributed by atoms with E-state index >= 15 is 0 Å². The van der Waals surface area contributed by atoms with Crippen molar-refractivity contribution in [2.75, 3.05) is 7.11 Å². The minimum absolute atomic E-state index is 0.229. The number of carbonyl (C=O) groups is 1. The average Bonchev–Trinajstić information content (AvgIpc) is 2.43. The van der Waals surface area contributed by atoms with Crippen molar-refractivity contribution in [3.8, 4) is 5.75 Å². The molecule has 0 unspecified atom stereocenters. The lowest BCUT2D eigenvalue weighted by atomic mass is 9.97.